The highest BCUT2D eigenvalue weighted by Crippen LogP contribution is 2.08. The molecule has 0 aromatic heterocycles. The monoisotopic (exact) mass is 211 g/mol. The van der Waals surface area contributed by atoms with Gasteiger partial charge in [0.05, 0.1) is 0 Å². The summed E-state index contributed by atoms with van der Waals surface area (Å²) >= 11 is 0. The van der Waals surface area contributed by atoms with Gasteiger partial charge in [0.2, 0.25) is 0 Å². The van der Waals surface area contributed by atoms with Crippen molar-refractivity contribution >= 4 is 0 Å². The summed E-state index contributed by atoms with van der Waals surface area (Å²) in [5, 5.41) is 0. The lowest BCUT2D eigenvalue weighted by Crippen LogP contribution is -2.19. The van der Waals surface area contributed by atoms with Crippen LogP contribution < -0.4 is 5.73 Å². The third kappa shape index (κ3) is 11.6. The smallest absolute Gasteiger partial charge is 0.00388 e. The summed E-state index contributed by atoms with van der Waals surface area (Å²) in [4.78, 5) is 0. The van der Waals surface area contributed by atoms with E-state index in [-0.39, 0.29) is 0 Å². The van der Waals surface area contributed by atoms with Gasteiger partial charge in [-0.1, -0.05) is 51.7 Å². The van der Waals surface area contributed by atoms with Gasteiger partial charge in [0.15, 0.2) is 0 Å². The van der Waals surface area contributed by atoms with Crippen LogP contribution in [0.5, 0.6) is 0 Å². The Morgan fingerprint density at radius 1 is 0.867 bits per heavy atom. The highest BCUT2D eigenvalue weighted by atomic mass is 14.6. The Hall–Kier alpha value is -0.300. The van der Waals surface area contributed by atoms with Crippen molar-refractivity contribution in [1.82, 2.24) is 0 Å². The van der Waals surface area contributed by atoms with Gasteiger partial charge in [-0.3, -0.25) is 0 Å². The average Bonchev–Trinajstić information content (AvgIpc) is 2.25. The quantitative estimate of drug-likeness (QED) is 0.420. The molecule has 1 heteroatoms. The minimum absolute atomic E-state index is 0.449. The molecule has 1 unspecified atom stereocenters. The summed E-state index contributed by atoms with van der Waals surface area (Å²) in [5.41, 5.74) is 6.00. The first-order valence-corrected chi connectivity index (χ1v) is 6.71. The lowest BCUT2D eigenvalue weighted by molar-refractivity contribution is 0.514. The van der Waals surface area contributed by atoms with Crippen molar-refractivity contribution in [2.75, 3.05) is 0 Å². The van der Waals surface area contributed by atoms with E-state index >= 15 is 0 Å². The first-order valence-electron chi connectivity index (χ1n) is 6.71. The SMILES string of the molecule is CCC/C=C/CCCCC(N)CCCC. The number of allylic oxidation sites excluding steroid dienone is 2. The Labute approximate surface area is 96.1 Å². The molecule has 0 aliphatic carbocycles. The second-order valence-corrected chi connectivity index (χ2v) is 4.45. The molecule has 90 valence electrons. The normalized spacial score (nSPS) is 13.5. The van der Waals surface area contributed by atoms with E-state index in [1.165, 1.54) is 57.8 Å². The van der Waals surface area contributed by atoms with E-state index < -0.39 is 0 Å². The molecular formula is C14H29N. The number of hydrogen-bond donors (Lipinski definition) is 1. The zero-order chi connectivity index (χ0) is 11.4. The minimum Gasteiger partial charge on any atom is -0.328 e. The van der Waals surface area contributed by atoms with Gasteiger partial charge >= 0.3 is 0 Å². The molecule has 0 bridgehead atoms. The minimum atomic E-state index is 0.449. The summed E-state index contributed by atoms with van der Waals surface area (Å²) < 4.78 is 0. The van der Waals surface area contributed by atoms with Crippen LogP contribution in [0.1, 0.15) is 71.6 Å². The Balaban J connectivity index is 3.15. The first-order chi connectivity index (χ1) is 7.31. The molecule has 1 atom stereocenters. The van der Waals surface area contributed by atoms with Crippen LogP contribution in [0.3, 0.4) is 0 Å². The van der Waals surface area contributed by atoms with Crippen LogP contribution in [0.2, 0.25) is 0 Å². The predicted octanol–water partition coefficient (Wildman–Crippen LogP) is 4.42. The maximum Gasteiger partial charge on any atom is 0.00388 e. The van der Waals surface area contributed by atoms with Gasteiger partial charge in [0, 0.05) is 6.04 Å². The van der Waals surface area contributed by atoms with Crippen LogP contribution in [-0.4, -0.2) is 6.04 Å². The topological polar surface area (TPSA) is 26.0 Å². The molecule has 0 radical (unpaired) electrons. The molecule has 15 heavy (non-hydrogen) atoms. The maximum absolute atomic E-state index is 6.00. The van der Waals surface area contributed by atoms with Gasteiger partial charge in [-0.15, -0.1) is 0 Å². The number of hydrogen-bond acceptors (Lipinski definition) is 1. The standard InChI is InChI=1S/C14H29N/c1-3-5-7-8-9-10-11-13-14(15)12-6-4-2/h7-8,14H,3-6,9-13,15H2,1-2H3/b8-7+. The highest BCUT2D eigenvalue weighted by molar-refractivity contribution is 4.80. The zero-order valence-electron chi connectivity index (χ0n) is 10.7. The van der Waals surface area contributed by atoms with Crippen LogP contribution in [0.15, 0.2) is 12.2 Å². The van der Waals surface area contributed by atoms with Crippen molar-refractivity contribution in [1.29, 1.82) is 0 Å². The molecule has 2 N–H and O–H groups in total. The van der Waals surface area contributed by atoms with Crippen molar-refractivity contribution in [3.63, 3.8) is 0 Å². The summed E-state index contributed by atoms with van der Waals surface area (Å²) in [6.07, 6.45) is 15.9. The van der Waals surface area contributed by atoms with E-state index in [0.717, 1.165) is 0 Å². The fourth-order valence-corrected chi connectivity index (χ4v) is 1.68. The van der Waals surface area contributed by atoms with Crippen LogP contribution in [0.25, 0.3) is 0 Å². The van der Waals surface area contributed by atoms with Crippen molar-refractivity contribution < 1.29 is 0 Å². The molecule has 0 aromatic carbocycles. The molecule has 0 heterocycles. The van der Waals surface area contributed by atoms with Gasteiger partial charge in [0.1, 0.15) is 0 Å². The van der Waals surface area contributed by atoms with Gasteiger partial charge in [-0.25, -0.2) is 0 Å². The molecule has 1 nitrogen and oxygen atoms in total. The molecule has 0 aromatic rings. The molecule has 0 rings (SSSR count). The van der Waals surface area contributed by atoms with Crippen LogP contribution in [-0.2, 0) is 0 Å². The second-order valence-electron chi connectivity index (χ2n) is 4.45. The fourth-order valence-electron chi connectivity index (χ4n) is 1.68. The summed E-state index contributed by atoms with van der Waals surface area (Å²) in [6.45, 7) is 4.45. The fraction of sp³-hybridized carbons (Fsp3) is 0.857. The number of rotatable bonds is 10. The highest BCUT2D eigenvalue weighted by Gasteiger charge is 2.00. The number of unbranched alkanes of at least 4 members (excludes halogenated alkanes) is 4. The van der Waals surface area contributed by atoms with Gasteiger partial charge in [-0.2, -0.15) is 0 Å². The molecule has 0 spiro atoms. The molecule has 0 amide bonds. The van der Waals surface area contributed by atoms with Crippen LogP contribution >= 0.6 is 0 Å². The number of nitrogens with two attached hydrogens (primary N) is 1. The largest absolute Gasteiger partial charge is 0.328 e. The lowest BCUT2D eigenvalue weighted by Gasteiger charge is -2.09. The molecule has 0 saturated heterocycles. The van der Waals surface area contributed by atoms with Gasteiger partial charge in [0.25, 0.3) is 0 Å². The van der Waals surface area contributed by atoms with Crippen LogP contribution in [0, 0.1) is 0 Å². The summed E-state index contributed by atoms with van der Waals surface area (Å²) in [7, 11) is 0. The van der Waals surface area contributed by atoms with E-state index in [9.17, 15) is 0 Å². The molecule has 0 aliphatic rings. The third-order valence-corrected chi connectivity index (χ3v) is 2.75. The van der Waals surface area contributed by atoms with Crippen molar-refractivity contribution in [2.45, 2.75) is 77.7 Å². The Morgan fingerprint density at radius 3 is 2.20 bits per heavy atom. The third-order valence-electron chi connectivity index (χ3n) is 2.75. The van der Waals surface area contributed by atoms with Gasteiger partial charge < -0.3 is 5.73 Å². The van der Waals surface area contributed by atoms with E-state index in [1.54, 1.807) is 0 Å². The lowest BCUT2D eigenvalue weighted by atomic mass is 10.0. The van der Waals surface area contributed by atoms with Crippen molar-refractivity contribution in [3.05, 3.63) is 12.2 Å². The van der Waals surface area contributed by atoms with Crippen molar-refractivity contribution in [3.8, 4) is 0 Å². The van der Waals surface area contributed by atoms with E-state index in [4.69, 9.17) is 5.73 Å². The maximum atomic E-state index is 6.00. The summed E-state index contributed by atoms with van der Waals surface area (Å²) in [5.74, 6) is 0. The molecule has 0 fully saturated rings. The van der Waals surface area contributed by atoms with E-state index in [0.29, 0.717) is 6.04 Å². The van der Waals surface area contributed by atoms with E-state index in [1.807, 2.05) is 0 Å². The predicted molar refractivity (Wildman–Crippen MR) is 70.0 cm³/mol. The zero-order valence-corrected chi connectivity index (χ0v) is 10.7. The first kappa shape index (κ1) is 14.7. The second kappa shape index (κ2) is 11.8. The molecular weight excluding hydrogens is 182 g/mol. The Kier molecular flexibility index (Phi) is 11.5. The van der Waals surface area contributed by atoms with Crippen molar-refractivity contribution in [2.24, 2.45) is 5.73 Å². The van der Waals surface area contributed by atoms with Gasteiger partial charge in [-0.05, 0) is 32.1 Å². The Morgan fingerprint density at radius 2 is 1.53 bits per heavy atom. The average molecular weight is 211 g/mol. The van der Waals surface area contributed by atoms with Crippen LogP contribution in [0.4, 0.5) is 0 Å². The molecule has 0 aliphatic heterocycles. The van der Waals surface area contributed by atoms with E-state index in [2.05, 4.69) is 26.0 Å². The Bertz CT molecular complexity index is 140. The molecule has 0 saturated carbocycles. The summed E-state index contributed by atoms with van der Waals surface area (Å²) in [6, 6.07) is 0.449.